The maximum absolute atomic E-state index is 12.3. The summed E-state index contributed by atoms with van der Waals surface area (Å²) < 4.78 is 15.3. The molecule has 0 spiro atoms. The van der Waals surface area contributed by atoms with Gasteiger partial charge in [-0.1, -0.05) is 12.1 Å². The highest BCUT2D eigenvalue weighted by Gasteiger charge is 2.12. The molecule has 9 heteroatoms. The van der Waals surface area contributed by atoms with Crippen LogP contribution in [0.25, 0.3) is 0 Å². The van der Waals surface area contributed by atoms with Crippen molar-refractivity contribution in [3.8, 4) is 5.75 Å². The predicted molar refractivity (Wildman–Crippen MR) is 118 cm³/mol. The zero-order valence-corrected chi connectivity index (χ0v) is 17.1. The fourth-order valence-corrected chi connectivity index (χ4v) is 2.75. The third kappa shape index (κ3) is 5.61. The summed E-state index contributed by atoms with van der Waals surface area (Å²) >= 11 is 0. The number of ether oxygens (including phenoxy) is 1. The first kappa shape index (κ1) is 21.3. The first-order valence-electron chi connectivity index (χ1n) is 9.72. The number of esters is 1. The van der Waals surface area contributed by atoms with E-state index in [1.165, 1.54) is 24.8 Å². The maximum Gasteiger partial charge on any atom is 0.379 e. The Morgan fingerprint density at radius 2 is 1.55 bits per heavy atom. The van der Waals surface area contributed by atoms with Gasteiger partial charge in [-0.3, -0.25) is 9.59 Å². The lowest BCUT2D eigenvalue weighted by Gasteiger charge is -2.05. The van der Waals surface area contributed by atoms with Crippen molar-refractivity contribution in [1.29, 1.82) is 0 Å². The highest BCUT2D eigenvalue weighted by molar-refractivity contribution is 6.02. The van der Waals surface area contributed by atoms with Crippen LogP contribution in [0.4, 0.5) is 5.69 Å². The van der Waals surface area contributed by atoms with E-state index in [2.05, 4.69) is 15.8 Å². The van der Waals surface area contributed by atoms with Gasteiger partial charge in [-0.05, 0) is 66.2 Å². The molecule has 4 rings (SSSR count). The topological polar surface area (TPSA) is 123 Å². The highest BCUT2D eigenvalue weighted by Crippen LogP contribution is 2.15. The summed E-state index contributed by atoms with van der Waals surface area (Å²) in [4.78, 5) is 36.2. The highest BCUT2D eigenvalue weighted by atomic mass is 16.5. The molecule has 0 aliphatic heterocycles. The molecule has 2 amide bonds. The minimum atomic E-state index is -0.619. The number of carbonyl (C=O) groups is 3. The third-order valence-corrected chi connectivity index (χ3v) is 4.32. The Morgan fingerprint density at radius 1 is 0.818 bits per heavy atom. The van der Waals surface area contributed by atoms with Crippen molar-refractivity contribution in [2.45, 2.75) is 0 Å². The number of anilines is 1. The molecule has 2 N–H and O–H groups in total. The lowest BCUT2D eigenvalue weighted by Crippen LogP contribution is -2.17. The standard InChI is InChI=1S/C24H17N3O6/c28-22(17-8-10-18(11-9-17)26-23(29)20-6-2-12-31-20)27-25-15-16-4-1-5-19(14-16)33-24(30)21-7-3-13-32-21/h1-15H,(H,26,29)(H,27,28)/b25-15+. The van der Waals surface area contributed by atoms with Gasteiger partial charge in [0.05, 0.1) is 18.7 Å². The van der Waals surface area contributed by atoms with E-state index in [4.69, 9.17) is 13.6 Å². The van der Waals surface area contributed by atoms with Crippen LogP contribution in [0.15, 0.2) is 99.3 Å². The fraction of sp³-hybridized carbons (Fsp3) is 0. The molecule has 0 saturated heterocycles. The Bertz CT molecular complexity index is 1280. The molecule has 0 aliphatic rings. The Labute approximate surface area is 187 Å². The predicted octanol–water partition coefficient (Wildman–Crippen LogP) is 4.11. The Balaban J connectivity index is 1.31. The van der Waals surface area contributed by atoms with Gasteiger partial charge in [0.15, 0.2) is 5.76 Å². The van der Waals surface area contributed by atoms with E-state index in [0.29, 0.717) is 22.6 Å². The van der Waals surface area contributed by atoms with Crippen molar-refractivity contribution >= 4 is 29.7 Å². The number of furan rings is 2. The number of hydrogen-bond acceptors (Lipinski definition) is 7. The second-order valence-electron chi connectivity index (χ2n) is 6.65. The van der Waals surface area contributed by atoms with Crippen molar-refractivity contribution in [2.75, 3.05) is 5.32 Å². The van der Waals surface area contributed by atoms with Gasteiger partial charge in [0.2, 0.25) is 5.76 Å². The van der Waals surface area contributed by atoms with Crippen LogP contribution in [0.5, 0.6) is 5.75 Å². The van der Waals surface area contributed by atoms with Crippen LogP contribution in [0, 0.1) is 0 Å². The average Bonchev–Trinajstić information content (AvgIpc) is 3.54. The number of carbonyl (C=O) groups excluding carboxylic acids is 3. The number of hydrazone groups is 1. The van der Waals surface area contributed by atoms with Crippen molar-refractivity contribution in [3.05, 3.63) is 108 Å². The molecular formula is C24H17N3O6. The van der Waals surface area contributed by atoms with Crippen LogP contribution in [0.3, 0.4) is 0 Å². The maximum atomic E-state index is 12.3. The molecule has 0 saturated carbocycles. The number of nitrogens with one attached hydrogen (secondary N) is 2. The summed E-state index contributed by atoms with van der Waals surface area (Å²) in [6.07, 6.45) is 4.21. The molecule has 0 fully saturated rings. The van der Waals surface area contributed by atoms with E-state index in [1.807, 2.05) is 0 Å². The van der Waals surface area contributed by atoms with E-state index >= 15 is 0 Å². The van der Waals surface area contributed by atoms with Gasteiger partial charge in [-0.25, -0.2) is 10.2 Å². The molecule has 0 unspecified atom stereocenters. The van der Waals surface area contributed by atoms with E-state index < -0.39 is 11.9 Å². The summed E-state index contributed by atoms with van der Waals surface area (Å²) in [5.74, 6) is -0.863. The quantitative estimate of drug-likeness (QED) is 0.192. The SMILES string of the molecule is O=C(N/N=C/c1cccc(OC(=O)c2ccco2)c1)c1ccc(NC(=O)c2ccco2)cc1. The van der Waals surface area contributed by atoms with Crippen LogP contribution in [-0.2, 0) is 0 Å². The molecule has 0 atom stereocenters. The second kappa shape index (κ2) is 9.92. The first-order valence-corrected chi connectivity index (χ1v) is 9.72. The molecule has 2 aromatic heterocycles. The van der Waals surface area contributed by atoms with Crippen LogP contribution in [0.1, 0.15) is 37.0 Å². The van der Waals surface area contributed by atoms with Crippen LogP contribution in [-0.4, -0.2) is 24.0 Å². The van der Waals surface area contributed by atoms with Gasteiger partial charge >= 0.3 is 5.97 Å². The van der Waals surface area contributed by atoms with Crippen molar-refractivity contribution in [1.82, 2.24) is 5.43 Å². The number of amides is 2. The number of nitrogens with zero attached hydrogens (tertiary/aromatic N) is 1. The van der Waals surface area contributed by atoms with Gasteiger partial charge in [0.25, 0.3) is 11.8 Å². The third-order valence-electron chi connectivity index (χ3n) is 4.32. The van der Waals surface area contributed by atoms with Gasteiger partial charge < -0.3 is 18.9 Å². The van der Waals surface area contributed by atoms with Gasteiger partial charge in [-0.2, -0.15) is 5.10 Å². The minimum Gasteiger partial charge on any atom is -0.459 e. The molecule has 0 radical (unpaired) electrons. The molecule has 2 heterocycles. The summed E-state index contributed by atoms with van der Waals surface area (Å²) in [5, 5.41) is 6.59. The van der Waals surface area contributed by atoms with Crippen LogP contribution < -0.4 is 15.5 Å². The summed E-state index contributed by atoms with van der Waals surface area (Å²) in [6.45, 7) is 0. The van der Waals surface area contributed by atoms with Crippen molar-refractivity contribution < 1.29 is 28.0 Å². The van der Waals surface area contributed by atoms with Gasteiger partial charge in [-0.15, -0.1) is 0 Å². The van der Waals surface area contributed by atoms with Gasteiger partial charge in [0.1, 0.15) is 5.75 Å². The zero-order valence-electron chi connectivity index (χ0n) is 17.1. The van der Waals surface area contributed by atoms with Crippen LogP contribution in [0.2, 0.25) is 0 Å². The normalized spacial score (nSPS) is 10.7. The monoisotopic (exact) mass is 443 g/mol. The molecule has 4 aromatic rings. The number of hydrogen-bond donors (Lipinski definition) is 2. The molecule has 164 valence electrons. The average molecular weight is 443 g/mol. The zero-order chi connectivity index (χ0) is 23.0. The van der Waals surface area contributed by atoms with E-state index in [-0.39, 0.29) is 17.4 Å². The lowest BCUT2D eigenvalue weighted by molar-refractivity contribution is 0.0701. The molecule has 0 bridgehead atoms. The molecule has 2 aromatic carbocycles. The number of rotatable bonds is 7. The fourth-order valence-electron chi connectivity index (χ4n) is 2.75. The van der Waals surface area contributed by atoms with Crippen molar-refractivity contribution in [3.63, 3.8) is 0 Å². The van der Waals surface area contributed by atoms with Crippen molar-refractivity contribution in [2.24, 2.45) is 5.10 Å². The Kier molecular flexibility index (Phi) is 6.41. The number of benzene rings is 2. The Morgan fingerprint density at radius 3 is 2.24 bits per heavy atom. The lowest BCUT2D eigenvalue weighted by atomic mass is 10.2. The van der Waals surface area contributed by atoms with Crippen LogP contribution >= 0.6 is 0 Å². The largest absolute Gasteiger partial charge is 0.459 e. The summed E-state index contributed by atoms with van der Waals surface area (Å²) in [7, 11) is 0. The second-order valence-corrected chi connectivity index (χ2v) is 6.65. The minimum absolute atomic E-state index is 0.0906. The summed E-state index contributed by atoms with van der Waals surface area (Å²) in [5.41, 5.74) is 3.89. The van der Waals surface area contributed by atoms with Gasteiger partial charge in [0, 0.05) is 11.3 Å². The van der Waals surface area contributed by atoms with E-state index in [0.717, 1.165) is 0 Å². The van der Waals surface area contributed by atoms with E-state index in [1.54, 1.807) is 66.7 Å². The Hall–Kier alpha value is -4.92. The van der Waals surface area contributed by atoms with E-state index in [9.17, 15) is 14.4 Å². The smallest absolute Gasteiger partial charge is 0.379 e. The molecule has 0 aliphatic carbocycles. The molecular weight excluding hydrogens is 426 g/mol. The molecule has 33 heavy (non-hydrogen) atoms. The summed E-state index contributed by atoms with van der Waals surface area (Å²) in [6, 6.07) is 19.2. The first-order chi connectivity index (χ1) is 16.1. The molecule has 9 nitrogen and oxygen atoms in total.